The molecule has 2 aromatic carbocycles. The number of aryl methyl sites for hydroxylation is 1. The second-order valence-corrected chi connectivity index (χ2v) is 8.75. The number of nitrogens with zero attached hydrogens (tertiary/aromatic N) is 4. The molecule has 0 saturated carbocycles. The number of halogens is 1. The number of nitrogen functional groups attached to an aromatic ring is 1. The van der Waals surface area contributed by atoms with E-state index in [2.05, 4.69) is 25.5 Å². The monoisotopic (exact) mass is 491 g/mol. The van der Waals surface area contributed by atoms with Crippen LogP contribution in [0.4, 0.5) is 32.2 Å². The summed E-state index contributed by atoms with van der Waals surface area (Å²) in [4.78, 5) is 38.1. The number of rotatable bonds is 8. The summed E-state index contributed by atoms with van der Waals surface area (Å²) in [5.41, 5.74) is 8.49. The molecule has 0 radical (unpaired) electrons. The Balaban J connectivity index is 1.50. The van der Waals surface area contributed by atoms with E-state index in [0.717, 1.165) is 31.5 Å². The molecule has 1 aliphatic rings. The molecule has 0 atom stereocenters. The third-order valence-corrected chi connectivity index (χ3v) is 6.11. The summed E-state index contributed by atoms with van der Waals surface area (Å²) in [6, 6.07) is 12.8. The van der Waals surface area contributed by atoms with Crippen LogP contribution < -0.4 is 21.3 Å². The number of carbonyl (C=O) groups excluding carboxylic acids is 2. The first kappa shape index (κ1) is 25.1. The summed E-state index contributed by atoms with van der Waals surface area (Å²) in [6.07, 6.45) is 3.64. The van der Waals surface area contributed by atoms with Gasteiger partial charge in [0.25, 0.3) is 5.91 Å². The van der Waals surface area contributed by atoms with E-state index >= 15 is 0 Å². The molecular formula is C26H30FN7O2. The van der Waals surface area contributed by atoms with Gasteiger partial charge in [-0.2, -0.15) is 0 Å². The van der Waals surface area contributed by atoms with Crippen molar-refractivity contribution < 1.29 is 14.0 Å². The van der Waals surface area contributed by atoms with Crippen molar-refractivity contribution in [3.05, 3.63) is 71.5 Å². The fraction of sp³-hybridized carbons (Fsp3) is 0.308. The lowest BCUT2D eigenvalue weighted by atomic mass is 10.1. The van der Waals surface area contributed by atoms with Crippen molar-refractivity contribution >= 4 is 34.9 Å². The van der Waals surface area contributed by atoms with Gasteiger partial charge in [-0.3, -0.25) is 9.69 Å². The molecule has 4 N–H and O–H groups in total. The molecule has 4 rings (SSSR count). The van der Waals surface area contributed by atoms with E-state index in [0.29, 0.717) is 41.4 Å². The smallest absolute Gasteiger partial charge is 0.327 e. The Morgan fingerprint density at radius 3 is 2.64 bits per heavy atom. The highest BCUT2D eigenvalue weighted by Gasteiger charge is 2.21. The summed E-state index contributed by atoms with van der Waals surface area (Å²) in [5.74, 6) is 0.320. The quantitative estimate of drug-likeness (QED) is 0.434. The Kier molecular flexibility index (Phi) is 8.06. The zero-order valence-corrected chi connectivity index (χ0v) is 20.2. The molecule has 1 aliphatic heterocycles. The fourth-order valence-electron chi connectivity index (χ4n) is 4.09. The maximum Gasteiger partial charge on any atom is 0.327 e. The van der Waals surface area contributed by atoms with Crippen molar-refractivity contribution in [3.63, 3.8) is 0 Å². The van der Waals surface area contributed by atoms with Gasteiger partial charge >= 0.3 is 6.03 Å². The van der Waals surface area contributed by atoms with Crippen LogP contribution in [0.15, 0.2) is 54.9 Å². The van der Waals surface area contributed by atoms with Gasteiger partial charge in [0.1, 0.15) is 24.6 Å². The molecule has 0 bridgehead atoms. The zero-order valence-electron chi connectivity index (χ0n) is 20.2. The highest BCUT2D eigenvalue weighted by atomic mass is 19.1. The van der Waals surface area contributed by atoms with Crippen LogP contribution in [-0.2, 0) is 6.67 Å². The van der Waals surface area contributed by atoms with Gasteiger partial charge in [-0.05, 0) is 68.2 Å². The summed E-state index contributed by atoms with van der Waals surface area (Å²) in [5, 5.41) is 5.75. The number of carbonyl (C=O) groups is 2. The zero-order chi connectivity index (χ0) is 25.5. The minimum atomic E-state index is -0.645. The lowest BCUT2D eigenvalue weighted by molar-refractivity contribution is 0.102. The Bertz CT molecular complexity index is 1230. The standard InChI is InChI=1S/C26H30FN7O2/c1-18-7-8-21(31-25(35)20-6-4-5-19(13-20)16-27)14-22(18)32-26(36)34(12-11-33-9-2-3-10-33)24-15-23(28)29-17-30-24/h4-8,13-15,17H,2-3,9-12,16H2,1H3,(H,31,35)(H,32,36)(H2,28,29,30). The van der Waals surface area contributed by atoms with Crippen molar-refractivity contribution in [3.8, 4) is 0 Å². The van der Waals surface area contributed by atoms with Gasteiger partial charge in [-0.15, -0.1) is 0 Å². The molecule has 3 aromatic rings. The third-order valence-electron chi connectivity index (χ3n) is 6.11. The lowest BCUT2D eigenvalue weighted by Gasteiger charge is -2.25. The van der Waals surface area contributed by atoms with Gasteiger partial charge in [0.15, 0.2) is 0 Å². The molecule has 0 aliphatic carbocycles. The van der Waals surface area contributed by atoms with Crippen molar-refractivity contribution in [1.82, 2.24) is 14.9 Å². The molecule has 3 amide bonds. The molecule has 2 heterocycles. The van der Waals surface area contributed by atoms with Gasteiger partial charge in [0.2, 0.25) is 0 Å². The van der Waals surface area contributed by atoms with Crippen molar-refractivity contribution in [2.24, 2.45) is 0 Å². The molecule has 1 saturated heterocycles. The number of benzene rings is 2. The largest absolute Gasteiger partial charge is 0.384 e. The number of alkyl halides is 1. The van der Waals surface area contributed by atoms with E-state index in [1.165, 1.54) is 12.4 Å². The number of urea groups is 1. The molecule has 0 spiro atoms. The Morgan fingerprint density at radius 2 is 1.89 bits per heavy atom. The summed E-state index contributed by atoms with van der Waals surface area (Å²) in [7, 11) is 0. The van der Waals surface area contributed by atoms with Gasteiger partial charge in [-0.1, -0.05) is 18.2 Å². The summed E-state index contributed by atoms with van der Waals surface area (Å²) in [6.45, 7) is 4.39. The van der Waals surface area contributed by atoms with Crippen LogP contribution in [0, 0.1) is 6.92 Å². The topological polar surface area (TPSA) is 116 Å². The molecule has 10 heteroatoms. The highest BCUT2D eigenvalue weighted by molar-refractivity contribution is 6.05. The normalized spacial score (nSPS) is 13.4. The number of nitrogens with two attached hydrogens (primary N) is 1. The first-order valence-corrected chi connectivity index (χ1v) is 11.9. The number of hydrogen-bond acceptors (Lipinski definition) is 6. The Hall–Kier alpha value is -4.05. The molecule has 1 aromatic heterocycles. The Morgan fingerprint density at radius 1 is 1.08 bits per heavy atom. The van der Waals surface area contributed by atoms with Gasteiger partial charge < -0.3 is 21.3 Å². The first-order valence-electron chi connectivity index (χ1n) is 11.9. The number of likely N-dealkylation sites (tertiary alicyclic amines) is 1. The van der Waals surface area contributed by atoms with Gasteiger partial charge in [0.05, 0.1) is 0 Å². The third kappa shape index (κ3) is 6.33. The second kappa shape index (κ2) is 11.6. The van der Waals surface area contributed by atoms with Crippen molar-refractivity contribution in [1.29, 1.82) is 0 Å². The predicted octanol–water partition coefficient (Wildman–Crippen LogP) is 4.22. The highest BCUT2D eigenvalue weighted by Crippen LogP contribution is 2.23. The van der Waals surface area contributed by atoms with Crippen LogP contribution in [0.5, 0.6) is 0 Å². The number of amides is 3. The lowest BCUT2D eigenvalue weighted by Crippen LogP contribution is -2.41. The van der Waals surface area contributed by atoms with Crippen LogP contribution in [-0.4, -0.2) is 53.0 Å². The molecular weight excluding hydrogens is 461 g/mol. The van der Waals surface area contributed by atoms with Crippen molar-refractivity contribution in [2.45, 2.75) is 26.4 Å². The van der Waals surface area contributed by atoms with Crippen molar-refractivity contribution in [2.75, 3.05) is 47.4 Å². The van der Waals surface area contributed by atoms with E-state index in [-0.39, 0.29) is 17.8 Å². The number of anilines is 4. The maximum absolute atomic E-state index is 13.4. The average molecular weight is 492 g/mol. The van der Waals surface area contributed by atoms with E-state index < -0.39 is 6.67 Å². The SMILES string of the molecule is Cc1ccc(NC(=O)c2cccc(CF)c2)cc1NC(=O)N(CCN1CCCC1)c1cc(N)ncn1. The molecule has 36 heavy (non-hydrogen) atoms. The number of aromatic nitrogens is 2. The van der Waals surface area contributed by atoms with Crippen LogP contribution in [0.2, 0.25) is 0 Å². The van der Waals surface area contributed by atoms with Crippen LogP contribution in [0.25, 0.3) is 0 Å². The maximum atomic E-state index is 13.4. The van der Waals surface area contributed by atoms with Crippen LogP contribution in [0.3, 0.4) is 0 Å². The molecule has 188 valence electrons. The number of hydrogen-bond donors (Lipinski definition) is 3. The molecule has 1 fully saturated rings. The second-order valence-electron chi connectivity index (χ2n) is 8.75. The van der Waals surface area contributed by atoms with E-state index in [9.17, 15) is 14.0 Å². The van der Waals surface area contributed by atoms with Crippen LogP contribution in [0.1, 0.15) is 34.3 Å². The number of nitrogens with one attached hydrogen (secondary N) is 2. The summed E-state index contributed by atoms with van der Waals surface area (Å²) >= 11 is 0. The average Bonchev–Trinajstić information content (AvgIpc) is 3.40. The fourth-order valence-corrected chi connectivity index (χ4v) is 4.09. The minimum absolute atomic E-state index is 0.275. The van der Waals surface area contributed by atoms with E-state index in [4.69, 9.17) is 5.73 Å². The first-order chi connectivity index (χ1) is 17.4. The Labute approximate surface area is 209 Å². The summed E-state index contributed by atoms with van der Waals surface area (Å²) < 4.78 is 13.0. The van der Waals surface area contributed by atoms with E-state index in [1.54, 1.807) is 47.4 Å². The van der Waals surface area contributed by atoms with E-state index in [1.807, 2.05) is 6.92 Å². The van der Waals surface area contributed by atoms with Gasteiger partial charge in [0, 0.05) is 36.1 Å². The predicted molar refractivity (Wildman–Crippen MR) is 139 cm³/mol. The minimum Gasteiger partial charge on any atom is -0.384 e. The van der Waals surface area contributed by atoms with Crippen LogP contribution >= 0.6 is 0 Å². The molecule has 0 unspecified atom stereocenters. The molecule has 9 nitrogen and oxygen atoms in total. The van der Waals surface area contributed by atoms with Gasteiger partial charge in [-0.25, -0.2) is 19.2 Å².